The van der Waals surface area contributed by atoms with Crippen molar-refractivity contribution in [2.75, 3.05) is 19.5 Å². The average molecular weight is 454 g/mol. The molecule has 2 atom stereocenters. The molecule has 1 saturated carbocycles. The summed E-state index contributed by atoms with van der Waals surface area (Å²) in [7, 11) is 1.69. The molecule has 2 aromatic heterocycles. The van der Waals surface area contributed by atoms with E-state index >= 15 is 0 Å². The molecule has 0 unspecified atom stereocenters. The van der Waals surface area contributed by atoms with Gasteiger partial charge in [-0.2, -0.15) is 0 Å². The highest BCUT2D eigenvalue weighted by Gasteiger charge is 2.30. The molecular weight excluding hydrogens is 426 g/mol. The number of hydrogen-bond acceptors (Lipinski definition) is 6. The van der Waals surface area contributed by atoms with Gasteiger partial charge >= 0.3 is 0 Å². The molecule has 0 spiro atoms. The van der Waals surface area contributed by atoms with Gasteiger partial charge in [0, 0.05) is 41.8 Å². The standard InChI is InChI=1S/C27H27N5O2/c1-34-16-20-9-5-11-22(20)30-27(33)25-26(28)32-23(17-7-3-2-4-8-17)24(31-25)19-12-13-21-18(15-19)10-6-14-29-21/h2-4,6-8,10,12-15,20,22H,5,9,11,16H2,1H3,(H2,28,32)(H,30,33)/t20-,22-/m0/s1. The molecule has 172 valence electrons. The van der Waals surface area contributed by atoms with E-state index in [9.17, 15) is 4.79 Å². The van der Waals surface area contributed by atoms with E-state index in [0.717, 1.165) is 41.3 Å². The minimum atomic E-state index is -0.304. The summed E-state index contributed by atoms with van der Waals surface area (Å²) < 4.78 is 5.33. The Morgan fingerprint density at radius 3 is 2.68 bits per heavy atom. The lowest BCUT2D eigenvalue weighted by atomic mass is 10.0. The third kappa shape index (κ3) is 4.34. The maximum atomic E-state index is 13.3. The molecule has 0 saturated heterocycles. The molecule has 5 rings (SSSR count). The van der Waals surface area contributed by atoms with Gasteiger partial charge in [-0.3, -0.25) is 9.78 Å². The van der Waals surface area contributed by atoms with Crippen LogP contribution >= 0.6 is 0 Å². The number of anilines is 1. The zero-order valence-electron chi connectivity index (χ0n) is 19.1. The van der Waals surface area contributed by atoms with E-state index in [-0.39, 0.29) is 23.5 Å². The SMILES string of the molecule is COC[C@@H]1CCC[C@@H]1NC(=O)c1nc(-c2ccc3ncccc3c2)c(-c2ccccc2)nc1N. The first-order valence-corrected chi connectivity index (χ1v) is 11.5. The van der Waals surface area contributed by atoms with Crippen molar-refractivity contribution < 1.29 is 9.53 Å². The zero-order valence-corrected chi connectivity index (χ0v) is 19.1. The van der Waals surface area contributed by atoms with Crippen LogP contribution in [0.2, 0.25) is 0 Å². The minimum absolute atomic E-state index is 0.0395. The number of carbonyl (C=O) groups excluding carboxylic acids is 1. The van der Waals surface area contributed by atoms with Gasteiger partial charge in [0.05, 0.1) is 23.5 Å². The van der Waals surface area contributed by atoms with E-state index in [1.54, 1.807) is 13.3 Å². The molecule has 2 aromatic carbocycles. The number of nitrogens with two attached hydrogens (primary N) is 1. The summed E-state index contributed by atoms with van der Waals surface area (Å²) in [6.45, 7) is 0.620. The van der Waals surface area contributed by atoms with Crippen molar-refractivity contribution in [2.24, 2.45) is 5.92 Å². The molecule has 3 N–H and O–H groups in total. The summed E-state index contributed by atoms with van der Waals surface area (Å²) in [5.74, 6) is 0.101. The molecule has 1 amide bonds. The number of pyridine rings is 1. The molecular formula is C27H27N5O2. The Kier molecular flexibility index (Phi) is 6.18. The lowest BCUT2D eigenvalue weighted by Gasteiger charge is -2.21. The number of amides is 1. The highest BCUT2D eigenvalue weighted by atomic mass is 16.5. The minimum Gasteiger partial charge on any atom is -0.384 e. The Balaban J connectivity index is 1.58. The Bertz CT molecular complexity index is 1330. The van der Waals surface area contributed by atoms with Gasteiger partial charge in [-0.1, -0.05) is 48.9 Å². The number of carbonyl (C=O) groups is 1. The van der Waals surface area contributed by atoms with Crippen LogP contribution in [0, 0.1) is 5.92 Å². The van der Waals surface area contributed by atoms with E-state index in [1.807, 2.05) is 60.7 Å². The quantitative estimate of drug-likeness (QED) is 0.446. The molecule has 2 heterocycles. The zero-order chi connectivity index (χ0) is 23.5. The second kappa shape index (κ2) is 9.57. The van der Waals surface area contributed by atoms with Crippen LogP contribution in [0.5, 0.6) is 0 Å². The predicted molar refractivity (Wildman–Crippen MR) is 133 cm³/mol. The molecule has 7 nitrogen and oxygen atoms in total. The molecule has 1 aliphatic rings. The Hall–Kier alpha value is -3.84. The number of nitrogens with zero attached hydrogens (tertiary/aromatic N) is 3. The fourth-order valence-electron chi connectivity index (χ4n) is 4.71. The number of aromatic nitrogens is 3. The Morgan fingerprint density at radius 2 is 1.85 bits per heavy atom. The second-order valence-electron chi connectivity index (χ2n) is 8.66. The van der Waals surface area contributed by atoms with Crippen LogP contribution in [0.4, 0.5) is 5.82 Å². The molecule has 1 aliphatic carbocycles. The monoisotopic (exact) mass is 453 g/mol. The van der Waals surface area contributed by atoms with E-state index in [4.69, 9.17) is 15.5 Å². The van der Waals surface area contributed by atoms with Gasteiger partial charge in [-0.15, -0.1) is 0 Å². The topological polar surface area (TPSA) is 103 Å². The highest BCUT2D eigenvalue weighted by molar-refractivity contribution is 5.98. The number of hydrogen-bond donors (Lipinski definition) is 2. The molecule has 1 fully saturated rings. The molecule has 0 aliphatic heterocycles. The van der Waals surface area contributed by atoms with Gasteiger partial charge in [-0.05, 0) is 31.0 Å². The van der Waals surface area contributed by atoms with E-state index in [1.165, 1.54) is 0 Å². The van der Waals surface area contributed by atoms with Gasteiger partial charge in [0.25, 0.3) is 5.91 Å². The van der Waals surface area contributed by atoms with Crippen LogP contribution in [0.15, 0.2) is 66.9 Å². The number of fused-ring (bicyclic) bond motifs is 1. The maximum Gasteiger partial charge on any atom is 0.273 e. The van der Waals surface area contributed by atoms with E-state index in [0.29, 0.717) is 23.9 Å². The fraction of sp³-hybridized carbons (Fsp3) is 0.259. The summed E-state index contributed by atoms with van der Waals surface area (Å²) in [6, 6.07) is 19.6. The van der Waals surface area contributed by atoms with Gasteiger partial charge in [0.15, 0.2) is 11.5 Å². The number of benzene rings is 2. The van der Waals surface area contributed by atoms with Gasteiger partial charge in [-0.25, -0.2) is 9.97 Å². The van der Waals surface area contributed by atoms with E-state index in [2.05, 4.69) is 15.3 Å². The third-order valence-electron chi connectivity index (χ3n) is 6.42. The third-order valence-corrected chi connectivity index (χ3v) is 6.42. The summed E-state index contributed by atoms with van der Waals surface area (Å²) >= 11 is 0. The fourth-order valence-corrected chi connectivity index (χ4v) is 4.71. The van der Waals surface area contributed by atoms with Crippen molar-refractivity contribution >= 4 is 22.6 Å². The highest BCUT2D eigenvalue weighted by Crippen LogP contribution is 2.32. The first-order valence-electron chi connectivity index (χ1n) is 11.5. The average Bonchev–Trinajstić information content (AvgIpc) is 3.30. The number of methoxy groups -OCH3 is 1. The summed E-state index contributed by atoms with van der Waals surface area (Å²) in [5, 5.41) is 4.11. The van der Waals surface area contributed by atoms with Crippen LogP contribution in [0.25, 0.3) is 33.4 Å². The summed E-state index contributed by atoms with van der Waals surface area (Å²) in [4.78, 5) is 27.1. The number of nitrogens with one attached hydrogen (secondary N) is 1. The first-order chi connectivity index (χ1) is 16.6. The Labute approximate surface area is 198 Å². The number of nitrogen functional groups attached to an aromatic ring is 1. The second-order valence-corrected chi connectivity index (χ2v) is 8.66. The van der Waals surface area contributed by atoms with Crippen molar-refractivity contribution in [1.29, 1.82) is 0 Å². The smallest absolute Gasteiger partial charge is 0.273 e. The summed E-state index contributed by atoms with van der Waals surface area (Å²) in [6.07, 6.45) is 4.77. The van der Waals surface area contributed by atoms with Crippen molar-refractivity contribution in [1.82, 2.24) is 20.3 Å². The van der Waals surface area contributed by atoms with Crippen LogP contribution in [0.1, 0.15) is 29.8 Å². The number of rotatable bonds is 6. The normalized spacial score (nSPS) is 17.7. The number of ether oxygens (including phenoxy) is 1. The van der Waals surface area contributed by atoms with Crippen molar-refractivity contribution in [3.8, 4) is 22.5 Å². The van der Waals surface area contributed by atoms with Crippen LogP contribution < -0.4 is 11.1 Å². The maximum absolute atomic E-state index is 13.3. The first kappa shape index (κ1) is 22.0. The van der Waals surface area contributed by atoms with Gasteiger partial charge in [0.2, 0.25) is 0 Å². The molecule has 34 heavy (non-hydrogen) atoms. The van der Waals surface area contributed by atoms with Crippen molar-refractivity contribution in [3.05, 3.63) is 72.6 Å². The van der Waals surface area contributed by atoms with E-state index < -0.39 is 0 Å². The van der Waals surface area contributed by atoms with Crippen LogP contribution in [-0.2, 0) is 4.74 Å². The predicted octanol–water partition coefficient (Wildman–Crippen LogP) is 4.49. The molecule has 0 bridgehead atoms. The molecule has 0 radical (unpaired) electrons. The molecule has 4 aromatic rings. The van der Waals surface area contributed by atoms with Crippen molar-refractivity contribution in [3.63, 3.8) is 0 Å². The van der Waals surface area contributed by atoms with Crippen LogP contribution in [0.3, 0.4) is 0 Å². The van der Waals surface area contributed by atoms with Gasteiger partial charge < -0.3 is 15.8 Å². The molecule has 7 heteroatoms. The van der Waals surface area contributed by atoms with Gasteiger partial charge in [0.1, 0.15) is 0 Å². The summed E-state index contributed by atoms with van der Waals surface area (Å²) in [5.41, 5.74) is 10.3. The van der Waals surface area contributed by atoms with Crippen LogP contribution in [-0.4, -0.2) is 40.6 Å². The van der Waals surface area contributed by atoms with Crippen molar-refractivity contribution in [2.45, 2.75) is 25.3 Å². The lowest BCUT2D eigenvalue weighted by molar-refractivity contribution is 0.0894. The largest absolute Gasteiger partial charge is 0.384 e. The Morgan fingerprint density at radius 1 is 1.03 bits per heavy atom. The lowest BCUT2D eigenvalue weighted by Crippen LogP contribution is -2.39.